The summed E-state index contributed by atoms with van der Waals surface area (Å²) in [5.74, 6) is 0.997. The van der Waals surface area contributed by atoms with Gasteiger partial charge in [0, 0.05) is 31.4 Å². The predicted molar refractivity (Wildman–Crippen MR) is 84.1 cm³/mol. The van der Waals surface area contributed by atoms with E-state index in [1.54, 1.807) is 6.26 Å². The Balaban J connectivity index is 2.20. The van der Waals surface area contributed by atoms with Gasteiger partial charge in [-0.25, -0.2) is 0 Å². The summed E-state index contributed by atoms with van der Waals surface area (Å²) in [5.41, 5.74) is 5.16. The van der Waals surface area contributed by atoms with Gasteiger partial charge in [0.2, 0.25) is 0 Å². The average Bonchev–Trinajstić information content (AvgIpc) is 2.82. The molecule has 2 rings (SSSR count). The Kier molecular flexibility index (Phi) is 4.85. The Bertz CT molecular complexity index is 560. The van der Waals surface area contributed by atoms with Gasteiger partial charge in [0.1, 0.15) is 5.76 Å². The predicted octanol–water partition coefficient (Wildman–Crippen LogP) is 3.64. The number of rotatable bonds is 6. The summed E-state index contributed by atoms with van der Waals surface area (Å²) in [6.45, 7) is 9.04. The molecule has 20 heavy (non-hydrogen) atoms. The SMILES string of the molecule is CCNCc1cc(C)ccc1N(C)Cc1ccoc1C. The third kappa shape index (κ3) is 3.42. The van der Waals surface area contributed by atoms with E-state index in [-0.39, 0.29) is 0 Å². The molecule has 0 bridgehead atoms. The molecule has 0 atom stereocenters. The summed E-state index contributed by atoms with van der Waals surface area (Å²) in [7, 11) is 2.13. The van der Waals surface area contributed by atoms with Gasteiger partial charge in [0.05, 0.1) is 6.26 Å². The highest BCUT2D eigenvalue weighted by atomic mass is 16.3. The van der Waals surface area contributed by atoms with Crippen LogP contribution in [0.4, 0.5) is 5.69 Å². The number of furan rings is 1. The highest BCUT2D eigenvalue weighted by Crippen LogP contribution is 2.23. The number of aryl methyl sites for hydroxylation is 2. The molecule has 3 nitrogen and oxygen atoms in total. The van der Waals surface area contributed by atoms with Crippen LogP contribution in [0.15, 0.2) is 34.9 Å². The lowest BCUT2D eigenvalue weighted by molar-refractivity contribution is 0.529. The van der Waals surface area contributed by atoms with E-state index < -0.39 is 0 Å². The summed E-state index contributed by atoms with van der Waals surface area (Å²) in [6, 6.07) is 8.68. The molecular formula is C17H24N2O. The second kappa shape index (κ2) is 6.62. The maximum absolute atomic E-state index is 5.38. The van der Waals surface area contributed by atoms with E-state index in [0.717, 1.165) is 25.4 Å². The van der Waals surface area contributed by atoms with E-state index in [2.05, 4.69) is 49.3 Å². The van der Waals surface area contributed by atoms with Crippen LogP contribution in [0.1, 0.15) is 29.4 Å². The van der Waals surface area contributed by atoms with Crippen molar-refractivity contribution in [3.8, 4) is 0 Å². The summed E-state index contributed by atoms with van der Waals surface area (Å²) in [5, 5.41) is 3.41. The van der Waals surface area contributed by atoms with Crippen molar-refractivity contribution in [1.29, 1.82) is 0 Å². The summed E-state index contributed by atoms with van der Waals surface area (Å²) in [6.07, 6.45) is 1.76. The maximum atomic E-state index is 5.38. The summed E-state index contributed by atoms with van der Waals surface area (Å²) < 4.78 is 5.38. The normalized spacial score (nSPS) is 10.8. The van der Waals surface area contributed by atoms with Crippen molar-refractivity contribution in [2.24, 2.45) is 0 Å². The van der Waals surface area contributed by atoms with Crippen LogP contribution in [-0.2, 0) is 13.1 Å². The first-order valence-electron chi connectivity index (χ1n) is 7.16. The number of benzene rings is 1. The van der Waals surface area contributed by atoms with Gasteiger partial charge >= 0.3 is 0 Å². The Morgan fingerprint density at radius 3 is 2.60 bits per heavy atom. The third-order valence-corrected chi connectivity index (χ3v) is 3.59. The van der Waals surface area contributed by atoms with Gasteiger partial charge in [-0.15, -0.1) is 0 Å². The average molecular weight is 272 g/mol. The molecular weight excluding hydrogens is 248 g/mol. The van der Waals surface area contributed by atoms with Crippen LogP contribution < -0.4 is 10.2 Å². The Hall–Kier alpha value is -1.74. The zero-order chi connectivity index (χ0) is 14.5. The van der Waals surface area contributed by atoms with Crippen LogP contribution in [0.25, 0.3) is 0 Å². The van der Waals surface area contributed by atoms with Crippen molar-refractivity contribution in [2.75, 3.05) is 18.5 Å². The second-order valence-corrected chi connectivity index (χ2v) is 5.27. The Labute approximate surface area is 121 Å². The molecule has 3 heteroatoms. The highest BCUT2D eigenvalue weighted by Gasteiger charge is 2.10. The van der Waals surface area contributed by atoms with E-state index in [1.807, 2.05) is 13.0 Å². The summed E-state index contributed by atoms with van der Waals surface area (Å²) in [4.78, 5) is 2.28. The first-order chi connectivity index (χ1) is 9.61. The number of anilines is 1. The van der Waals surface area contributed by atoms with Crippen LogP contribution in [0, 0.1) is 13.8 Å². The Morgan fingerprint density at radius 2 is 1.95 bits per heavy atom. The second-order valence-electron chi connectivity index (χ2n) is 5.27. The number of hydrogen-bond acceptors (Lipinski definition) is 3. The zero-order valence-corrected chi connectivity index (χ0v) is 12.9. The van der Waals surface area contributed by atoms with Gasteiger partial charge in [-0.3, -0.25) is 0 Å². The standard InChI is InChI=1S/C17H24N2O/c1-5-18-11-16-10-13(2)6-7-17(16)19(4)12-15-8-9-20-14(15)3/h6-10,18H,5,11-12H2,1-4H3. The van der Waals surface area contributed by atoms with Crippen LogP contribution >= 0.6 is 0 Å². The maximum Gasteiger partial charge on any atom is 0.105 e. The van der Waals surface area contributed by atoms with Gasteiger partial charge in [-0.2, -0.15) is 0 Å². The minimum absolute atomic E-state index is 0.866. The van der Waals surface area contributed by atoms with Crippen LogP contribution in [0.5, 0.6) is 0 Å². The fourth-order valence-electron chi connectivity index (χ4n) is 2.40. The van der Waals surface area contributed by atoms with Crippen molar-refractivity contribution in [3.63, 3.8) is 0 Å². The number of hydrogen-bond donors (Lipinski definition) is 1. The molecule has 0 unspecified atom stereocenters. The third-order valence-electron chi connectivity index (χ3n) is 3.59. The first-order valence-corrected chi connectivity index (χ1v) is 7.16. The molecule has 0 aliphatic rings. The molecule has 2 aromatic rings. The van der Waals surface area contributed by atoms with Gasteiger partial charge in [-0.05, 0) is 38.1 Å². The van der Waals surface area contributed by atoms with E-state index in [9.17, 15) is 0 Å². The van der Waals surface area contributed by atoms with Crippen molar-refractivity contribution < 1.29 is 4.42 Å². The Morgan fingerprint density at radius 1 is 1.15 bits per heavy atom. The topological polar surface area (TPSA) is 28.4 Å². The quantitative estimate of drug-likeness (QED) is 0.870. The molecule has 1 N–H and O–H groups in total. The van der Waals surface area contributed by atoms with Crippen LogP contribution in [0.2, 0.25) is 0 Å². The van der Waals surface area contributed by atoms with Gasteiger partial charge in [0.25, 0.3) is 0 Å². The number of nitrogens with zero attached hydrogens (tertiary/aromatic N) is 1. The van der Waals surface area contributed by atoms with Crippen molar-refractivity contribution in [1.82, 2.24) is 5.32 Å². The minimum Gasteiger partial charge on any atom is -0.469 e. The van der Waals surface area contributed by atoms with E-state index in [1.165, 1.54) is 22.4 Å². The first kappa shape index (κ1) is 14.7. The molecule has 1 heterocycles. The lowest BCUT2D eigenvalue weighted by Crippen LogP contribution is -2.21. The molecule has 0 saturated carbocycles. The molecule has 0 amide bonds. The molecule has 0 radical (unpaired) electrons. The smallest absolute Gasteiger partial charge is 0.105 e. The molecule has 0 aliphatic heterocycles. The van der Waals surface area contributed by atoms with Gasteiger partial charge in [0.15, 0.2) is 0 Å². The molecule has 0 aliphatic carbocycles. The van der Waals surface area contributed by atoms with Crippen molar-refractivity contribution in [2.45, 2.75) is 33.9 Å². The lowest BCUT2D eigenvalue weighted by atomic mass is 10.1. The van der Waals surface area contributed by atoms with Crippen molar-refractivity contribution in [3.05, 3.63) is 53.0 Å². The van der Waals surface area contributed by atoms with Crippen molar-refractivity contribution >= 4 is 5.69 Å². The molecule has 1 aromatic heterocycles. The zero-order valence-electron chi connectivity index (χ0n) is 12.9. The minimum atomic E-state index is 0.866. The van der Waals surface area contributed by atoms with E-state index >= 15 is 0 Å². The van der Waals surface area contributed by atoms with Crippen LogP contribution in [-0.4, -0.2) is 13.6 Å². The molecule has 0 fully saturated rings. The van der Waals surface area contributed by atoms with Gasteiger partial charge in [-0.1, -0.05) is 24.6 Å². The van der Waals surface area contributed by atoms with Crippen LogP contribution in [0.3, 0.4) is 0 Å². The van der Waals surface area contributed by atoms with E-state index in [4.69, 9.17) is 4.42 Å². The monoisotopic (exact) mass is 272 g/mol. The van der Waals surface area contributed by atoms with Gasteiger partial charge < -0.3 is 14.6 Å². The molecule has 0 saturated heterocycles. The molecule has 0 spiro atoms. The summed E-state index contributed by atoms with van der Waals surface area (Å²) >= 11 is 0. The highest BCUT2D eigenvalue weighted by molar-refractivity contribution is 5.55. The molecule has 1 aromatic carbocycles. The fraction of sp³-hybridized carbons (Fsp3) is 0.412. The largest absolute Gasteiger partial charge is 0.469 e. The lowest BCUT2D eigenvalue weighted by Gasteiger charge is -2.23. The fourth-order valence-corrected chi connectivity index (χ4v) is 2.40. The molecule has 108 valence electrons. The van der Waals surface area contributed by atoms with E-state index in [0.29, 0.717) is 0 Å². The number of nitrogens with one attached hydrogen (secondary N) is 1.